The molecule has 2 aliphatic heterocycles. The number of benzene rings is 1. The lowest BCUT2D eigenvalue weighted by atomic mass is 10.0. The number of nitrogens with zero attached hydrogens (tertiary/aromatic N) is 2. The third-order valence-corrected chi connectivity index (χ3v) is 5.06. The molecule has 0 saturated carbocycles. The van der Waals surface area contributed by atoms with Crippen LogP contribution in [0.4, 0.5) is 0 Å². The molecule has 2 atom stereocenters. The van der Waals surface area contributed by atoms with Crippen LogP contribution in [0.25, 0.3) is 0 Å². The van der Waals surface area contributed by atoms with Gasteiger partial charge in [0.05, 0.1) is 19.7 Å². The smallest absolute Gasteiger partial charge is 0.320 e. The largest absolute Gasteiger partial charge is 0.497 e. The number of carboxylic acid groups (broad SMARTS) is 1. The van der Waals surface area contributed by atoms with Gasteiger partial charge in [-0.1, -0.05) is 12.1 Å². The van der Waals surface area contributed by atoms with E-state index in [1.807, 2.05) is 29.2 Å². The van der Waals surface area contributed by atoms with Gasteiger partial charge in [-0.15, -0.1) is 0 Å². The summed E-state index contributed by atoms with van der Waals surface area (Å²) >= 11 is 0. The van der Waals surface area contributed by atoms with Crippen molar-refractivity contribution in [3.8, 4) is 5.75 Å². The van der Waals surface area contributed by atoms with Crippen molar-refractivity contribution in [2.24, 2.45) is 0 Å². The highest BCUT2D eigenvalue weighted by Crippen LogP contribution is 2.33. The number of ether oxygens (including phenoxy) is 1. The van der Waals surface area contributed by atoms with Gasteiger partial charge in [0.15, 0.2) is 0 Å². The van der Waals surface area contributed by atoms with Crippen molar-refractivity contribution in [1.29, 1.82) is 0 Å². The van der Waals surface area contributed by atoms with Crippen molar-refractivity contribution < 1.29 is 19.4 Å². The molecule has 1 aromatic carbocycles. The fourth-order valence-electron chi connectivity index (χ4n) is 3.80. The first-order valence-corrected chi connectivity index (χ1v) is 8.50. The molecule has 130 valence electrons. The number of carboxylic acids is 1. The van der Waals surface area contributed by atoms with E-state index in [4.69, 9.17) is 4.74 Å². The van der Waals surface area contributed by atoms with Gasteiger partial charge in [0.25, 0.3) is 0 Å². The molecule has 2 aliphatic rings. The van der Waals surface area contributed by atoms with E-state index in [1.54, 1.807) is 12.0 Å². The zero-order chi connectivity index (χ0) is 17.1. The van der Waals surface area contributed by atoms with Crippen LogP contribution in [0.1, 0.15) is 37.3 Å². The first kappa shape index (κ1) is 16.8. The summed E-state index contributed by atoms with van der Waals surface area (Å²) < 4.78 is 5.19. The van der Waals surface area contributed by atoms with Crippen molar-refractivity contribution in [2.75, 3.05) is 26.7 Å². The summed E-state index contributed by atoms with van der Waals surface area (Å²) in [5.74, 6) is 0.00545. The third kappa shape index (κ3) is 3.38. The summed E-state index contributed by atoms with van der Waals surface area (Å²) in [6, 6.07) is 7.40. The minimum atomic E-state index is -0.826. The lowest BCUT2D eigenvalue weighted by Crippen LogP contribution is -2.44. The summed E-state index contributed by atoms with van der Waals surface area (Å²) in [5, 5.41) is 9.26. The lowest BCUT2D eigenvalue weighted by molar-refractivity contribution is -0.143. The van der Waals surface area contributed by atoms with Crippen molar-refractivity contribution in [3.63, 3.8) is 0 Å². The molecule has 24 heavy (non-hydrogen) atoms. The molecule has 0 aromatic heterocycles. The third-order valence-electron chi connectivity index (χ3n) is 5.06. The topological polar surface area (TPSA) is 70.1 Å². The normalized spacial score (nSPS) is 24.3. The fraction of sp³-hybridized carbons (Fsp3) is 0.556. The number of carbonyl (C=O) groups is 2. The molecule has 0 spiro atoms. The maximum Gasteiger partial charge on any atom is 0.320 e. The van der Waals surface area contributed by atoms with Gasteiger partial charge in [0.2, 0.25) is 5.91 Å². The van der Waals surface area contributed by atoms with E-state index in [9.17, 15) is 14.7 Å². The minimum Gasteiger partial charge on any atom is -0.497 e. The second kappa shape index (κ2) is 7.21. The summed E-state index contributed by atoms with van der Waals surface area (Å²) in [4.78, 5) is 27.7. The monoisotopic (exact) mass is 332 g/mol. The quantitative estimate of drug-likeness (QED) is 0.892. The molecule has 2 fully saturated rings. The maximum atomic E-state index is 12.7. The average Bonchev–Trinajstić information content (AvgIpc) is 3.24. The predicted octanol–water partition coefficient (Wildman–Crippen LogP) is 1.91. The zero-order valence-electron chi connectivity index (χ0n) is 14.0. The number of likely N-dealkylation sites (tertiary alicyclic amines) is 2. The maximum absolute atomic E-state index is 12.7. The Labute approximate surface area is 142 Å². The molecule has 6 heteroatoms. The molecule has 1 aromatic rings. The number of amides is 1. The van der Waals surface area contributed by atoms with Crippen molar-refractivity contribution in [3.05, 3.63) is 29.8 Å². The van der Waals surface area contributed by atoms with E-state index in [0.29, 0.717) is 13.0 Å². The molecular weight excluding hydrogens is 308 g/mol. The van der Waals surface area contributed by atoms with Gasteiger partial charge in [0, 0.05) is 6.54 Å². The van der Waals surface area contributed by atoms with Crippen LogP contribution in [0.15, 0.2) is 24.3 Å². The molecule has 1 amide bonds. The van der Waals surface area contributed by atoms with Gasteiger partial charge < -0.3 is 14.7 Å². The Morgan fingerprint density at radius 1 is 1.17 bits per heavy atom. The Hall–Kier alpha value is -2.08. The second-order valence-corrected chi connectivity index (χ2v) is 6.49. The van der Waals surface area contributed by atoms with E-state index >= 15 is 0 Å². The molecule has 1 N–H and O–H groups in total. The summed E-state index contributed by atoms with van der Waals surface area (Å²) in [7, 11) is 1.63. The fourth-order valence-corrected chi connectivity index (χ4v) is 3.80. The van der Waals surface area contributed by atoms with Crippen LogP contribution in [0.5, 0.6) is 5.75 Å². The first-order chi connectivity index (χ1) is 11.6. The molecule has 2 unspecified atom stereocenters. The first-order valence-electron chi connectivity index (χ1n) is 8.50. The highest BCUT2D eigenvalue weighted by molar-refractivity contribution is 5.81. The Morgan fingerprint density at radius 2 is 1.88 bits per heavy atom. The summed E-state index contributed by atoms with van der Waals surface area (Å²) in [6.07, 6.45) is 3.39. The number of rotatable bonds is 5. The van der Waals surface area contributed by atoms with Crippen LogP contribution in [0.3, 0.4) is 0 Å². The standard InChI is InChI=1S/C18H24N2O4/c1-24-14-8-6-13(7-9-14)15-4-3-11-20(15)17(21)12-19-10-2-5-16(19)18(22)23/h6-9,15-16H,2-5,10-12H2,1H3,(H,22,23). The minimum absolute atomic E-state index is 0.0291. The molecule has 2 saturated heterocycles. The number of hydrogen-bond donors (Lipinski definition) is 1. The van der Waals surface area contributed by atoms with Crippen LogP contribution in [-0.4, -0.2) is 59.6 Å². The van der Waals surface area contributed by atoms with Gasteiger partial charge in [-0.2, -0.15) is 0 Å². The summed E-state index contributed by atoms with van der Waals surface area (Å²) in [5.41, 5.74) is 1.11. The van der Waals surface area contributed by atoms with Gasteiger partial charge in [-0.3, -0.25) is 14.5 Å². The highest BCUT2D eigenvalue weighted by atomic mass is 16.5. The molecule has 0 bridgehead atoms. The molecule has 0 aliphatic carbocycles. The average molecular weight is 332 g/mol. The van der Waals surface area contributed by atoms with Crippen LogP contribution in [0, 0.1) is 0 Å². The Kier molecular flexibility index (Phi) is 5.04. The van der Waals surface area contributed by atoms with E-state index in [2.05, 4.69) is 0 Å². The van der Waals surface area contributed by atoms with Crippen LogP contribution < -0.4 is 4.74 Å². The van der Waals surface area contributed by atoms with E-state index in [0.717, 1.165) is 37.1 Å². The molecule has 6 nitrogen and oxygen atoms in total. The predicted molar refractivity (Wildman–Crippen MR) is 88.9 cm³/mol. The molecule has 3 rings (SSSR count). The van der Waals surface area contributed by atoms with E-state index < -0.39 is 12.0 Å². The van der Waals surface area contributed by atoms with Gasteiger partial charge in [-0.25, -0.2) is 0 Å². The number of carbonyl (C=O) groups excluding carboxylic acids is 1. The van der Waals surface area contributed by atoms with Crippen LogP contribution >= 0.6 is 0 Å². The SMILES string of the molecule is COc1ccc(C2CCCN2C(=O)CN2CCCC2C(=O)O)cc1. The van der Waals surface area contributed by atoms with E-state index in [1.165, 1.54) is 0 Å². The second-order valence-electron chi connectivity index (χ2n) is 6.49. The lowest BCUT2D eigenvalue weighted by Gasteiger charge is -2.28. The summed E-state index contributed by atoms with van der Waals surface area (Å²) in [6.45, 7) is 1.62. The zero-order valence-corrected chi connectivity index (χ0v) is 14.0. The van der Waals surface area contributed by atoms with Gasteiger partial charge >= 0.3 is 5.97 Å². The molecular formula is C18H24N2O4. The van der Waals surface area contributed by atoms with Crippen molar-refractivity contribution in [2.45, 2.75) is 37.8 Å². The Balaban J connectivity index is 1.68. The number of aliphatic carboxylic acids is 1. The molecule has 0 radical (unpaired) electrons. The van der Waals surface area contributed by atoms with Crippen LogP contribution in [0.2, 0.25) is 0 Å². The van der Waals surface area contributed by atoms with Gasteiger partial charge in [0.1, 0.15) is 11.8 Å². The van der Waals surface area contributed by atoms with Gasteiger partial charge in [-0.05, 0) is 49.9 Å². The number of methoxy groups -OCH3 is 1. The Bertz CT molecular complexity index is 602. The van der Waals surface area contributed by atoms with Crippen LogP contribution in [-0.2, 0) is 9.59 Å². The highest BCUT2D eigenvalue weighted by Gasteiger charge is 2.35. The number of hydrogen-bond acceptors (Lipinski definition) is 4. The molecule has 2 heterocycles. The van der Waals surface area contributed by atoms with E-state index in [-0.39, 0.29) is 18.5 Å². The van der Waals surface area contributed by atoms with Crippen molar-refractivity contribution in [1.82, 2.24) is 9.80 Å². The van der Waals surface area contributed by atoms with Crippen molar-refractivity contribution >= 4 is 11.9 Å². The Morgan fingerprint density at radius 3 is 2.54 bits per heavy atom.